The predicted octanol–water partition coefficient (Wildman–Crippen LogP) is -1.84. The first-order chi connectivity index (χ1) is 6.72. The summed E-state index contributed by atoms with van der Waals surface area (Å²) in [6.07, 6.45) is 0. The van der Waals surface area contributed by atoms with Crippen LogP contribution in [0.25, 0.3) is 0 Å². The third-order valence-corrected chi connectivity index (χ3v) is 3.35. The van der Waals surface area contributed by atoms with Crippen LogP contribution in [0.3, 0.4) is 0 Å². The van der Waals surface area contributed by atoms with Crippen LogP contribution < -0.4 is 5.32 Å². The maximum Gasteiger partial charge on any atom is 0.234 e. The number of nitrogens with one attached hydrogen (secondary N) is 1. The fraction of sp³-hybridized carbons (Fsp3) is 0.875. The molecule has 0 atom stereocenters. The van der Waals surface area contributed by atoms with E-state index in [0.29, 0.717) is 24.6 Å². The first kappa shape index (κ1) is 11.6. The van der Waals surface area contributed by atoms with Gasteiger partial charge >= 0.3 is 0 Å². The van der Waals surface area contributed by atoms with Gasteiger partial charge in [-0.25, -0.2) is 0 Å². The lowest BCUT2D eigenvalue weighted by Gasteiger charge is -2.25. The second kappa shape index (κ2) is 6.10. The smallest absolute Gasteiger partial charge is 0.234 e. The highest BCUT2D eigenvalue weighted by Gasteiger charge is 2.16. The number of carbonyl (C=O) groups excluding carboxylic acids is 1. The Kier molecular flexibility index (Phi) is 5.06. The molecule has 0 saturated carbocycles. The van der Waals surface area contributed by atoms with Crippen LogP contribution in [-0.2, 0) is 15.6 Å². The zero-order valence-corrected chi connectivity index (χ0v) is 8.89. The predicted molar refractivity (Wildman–Crippen MR) is 54.4 cm³/mol. The average molecular weight is 220 g/mol. The van der Waals surface area contributed by atoms with Gasteiger partial charge in [-0.3, -0.25) is 13.9 Å². The Balaban J connectivity index is 2.17. The highest BCUT2D eigenvalue weighted by molar-refractivity contribution is 7.85. The molecule has 6 heteroatoms. The number of nitrogens with zero attached hydrogens (tertiary/aromatic N) is 1. The van der Waals surface area contributed by atoms with E-state index in [2.05, 4.69) is 5.32 Å². The summed E-state index contributed by atoms with van der Waals surface area (Å²) in [5.74, 6) is 1.24. The number of aliphatic hydroxyl groups is 1. The molecule has 1 saturated heterocycles. The quantitative estimate of drug-likeness (QED) is 0.584. The van der Waals surface area contributed by atoms with Gasteiger partial charge in [0.2, 0.25) is 5.91 Å². The SMILES string of the molecule is O=C(CN1CCS(=O)CC1)NCCO. The number of rotatable bonds is 4. The Morgan fingerprint density at radius 1 is 1.43 bits per heavy atom. The monoisotopic (exact) mass is 220 g/mol. The first-order valence-electron chi connectivity index (χ1n) is 4.67. The van der Waals surface area contributed by atoms with Crippen molar-refractivity contribution in [2.24, 2.45) is 0 Å². The summed E-state index contributed by atoms with van der Waals surface area (Å²) in [7, 11) is -0.694. The fourth-order valence-corrected chi connectivity index (χ4v) is 2.42. The third-order valence-electron chi connectivity index (χ3n) is 2.07. The molecule has 82 valence electrons. The lowest BCUT2D eigenvalue weighted by Crippen LogP contribution is -2.44. The largest absolute Gasteiger partial charge is 0.395 e. The molecular formula is C8H16N2O3S. The Bertz CT molecular complexity index is 213. The van der Waals surface area contributed by atoms with Crippen molar-refractivity contribution in [3.05, 3.63) is 0 Å². The van der Waals surface area contributed by atoms with Crippen molar-refractivity contribution in [3.8, 4) is 0 Å². The molecule has 0 aromatic rings. The summed E-state index contributed by atoms with van der Waals surface area (Å²) in [4.78, 5) is 13.2. The molecule has 0 spiro atoms. The molecule has 1 aliphatic heterocycles. The second-order valence-electron chi connectivity index (χ2n) is 3.20. The summed E-state index contributed by atoms with van der Waals surface area (Å²) < 4.78 is 11.0. The molecule has 1 heterocycles. The fourth-order valence-electron chi connectivity index (χ4n) is 1.29. The van der Waals surface area contributed by atoms with Crippen molar-refractivity contribution in [1.29, 1.82) is 0 Å². The normalized spacial score (nSPS) is 19.5. The second-order valence-corrected chi connectivity index (χ2v) is 4.89. The Labute approximate surface area is 85.9 Å². The minimum Gasteiger partial charge on any atom is -0.395 e. The number of hydrogen-bond donors (Lipinski definition) is 2. The molecular weight excluding hydrogens is 204 g/mol. The molecule has 0 aliphatic carbocycles. The molecule has 1 aliphatic rings. The van der Waals surface area contributed by atoms with E-state index < -0.39 is 10.8 Å². The van der Waals surface area contributed by atoms with Crippen molar-refractivity contribution in [3.63, 3.8) is 0 Å². The minimum absolute atomic E-state index is 0.0320. The molecule has 5 nitrogen and oxygen atoms in total. The van der Waals surface area contributed by atoms with Crippen molar-refractivity contribution in [2.75, 3.05) is 44.3 Å². The molecule has 0 radical (unpaired) electrons. The summed E-state index contributed by atoms with van der Waals surface area (Å²) in [6, 6.07) is 0. The summed E-state index contributed by atoms with van der Waals surface area (Å²) >= 11 is 0. The van der Waals surface area contributed by atoms with E-state index in [1.807, 2.05) is 4.90 Å². The number of amides is 1. The summed E-state index contributed by atoms with van der Waals surface area (Å²) in [5, 5.41) is 11.1. The lowest BCUT2D eigenvalue weighted by molar-refractivity contribution is -0.122. The number of hydrogen-bond acceptors (Lipinski definition) is 4. The molecule has 14 heavy (non-hydrogen) atoms. The van der Waals surface area contributed by atoms with Gasteiger partial charge in [-0.2, -0.15) is 0 Å². The molecule has 2 N–H and O–H groups in total. The van der Waals surface area contributed by atoms with E-state index in [-0.39, 0.29) is 12.5 Å². The van der Waals surface area contributed by atoms with Crippen molar-refractivity contribution < 1.29 is 14.1 Å². The molecule has 1 rings (SSSR count). The zero-order chi connectivity index (χ0) is 10.4. The van der Waals surface area contributed by atoms with Crippen molar-refractivity contribution in [1.82, 2.24) is 10.2 Å². The summed E-state index contributed by atoms with van der Waals surface area (Å²) in [5.41, 5.74) is 0. The molecule has 1 amide bonds. The minimum atomic E-state index is -0.694. The van der Waals surface area contributed by atoms with Gasteiger partial charge < -0.3 is 10.4 Å². The van der Waals surface area contributed by atoms with Crippen LogP contribution in [0.5, 0.6) is 0 Å². The van der Waals surface area contributed by atoms with Crippen molar-refractivity contribution >= 4 is 16.7 Å². The maximum atomic E-state index is 11.2. The highest BCUT2D eigenvalue weighted by Crippen LogP contribution is 1.98. The van der Waals surface area contributed by atoms with Crippen LogP contribution >= 0.6 is 0 Å². The average Bonchev–Trinajstić information content (AvgIpc) is 2.18. The third kappa shape index (κ3) is 4.17. The maximum absolute atomic E-state index is 11.2. The van der Waals surface area contributed by atoms with Crippen LogP contribution in [0, 0.1) is 0 Å². The van der Waals surface area contributed by atoms with E-state index in [1.54, 1.807) is 0 Å². The van der Waals surface area contributed by atoms with Crippen LogP contribution in [0.15, 0.2) is 0 Å². The van der Waals surface area contributed by atoms with E-state index in [1.165, 1.54) is 0 Å². The number of aliphatic hydroxyl groups excluding tert-OH is 1. The Hall–Kier alpha value is -0.460. The molecule has 0 aromatic carbocycles. The van der Waals surface area contributed by atoms with Crippen LogP contribution in [0.1, 0.15) is 0 Å². The first-order valence-corrected chi connectivity index (χ1v) is 6.16. The lowest BCUT2D eigenvalue weighted by atomic mass is 10.4. The molecule has 0 unspecified atom stereocenters. The van der Waals surface area contributed by atoms with Crippen molar-refractivity contribution in [2.45, 2.75) is 0 Å². The van der Waals surface area contributed by atoms with Gasteiger partial charge in [0.25, 0.3) is 0 Å². The van der Waals surface area contributed by atoms with Gasteiger partial charge in [-0.1, -0.05) is 0 Å². The van der Waals surface area contributed by atoms with E-state index in [4.69, 9.17) is 5.11 Å². The van der Waals surface area contributed by atoms with Gasteiger partial charge in [0.05, 0.1) is 13.2 Å². The summed E-state index contributed by atoms with van der Waals surface area (Å²) in [6.45, 7) is 2.06. The highest BCUT2D eigenvalue weighted by atomic mass is 32.2. The van der Waals surface area contributed by atoms with Crippen LogP contribution in [-0.4, -0.2) is 64.4 Å². The van der Waals surface area contributed by atoms with Gasteiger partial charge in [0.1, 0.15) is 0 Å². The van der Waals surface area contributed by atoms with E-state index in [0.717, 1.165) is 13.1 Å². The van der Waals surface area contributed by atoms with Gasteiger partial charge in [-0.05, 0) is 0 Å². The molecule has 0 bridgehead atoms. The van der Waals surface area contributed by atoms with Crippen LogP contribution in [0.2, 0.25) is 0 Å². The van der Waals surface area contributed by atoms with Crippen LogP contribution in [0.4, 0.5) is 0 Å². The Morgan fingerprint density at radius 3 is 2.64 bits per heavy atom. The van der Waals surface area contributed by atoms with Gasteiger partial charge in [0.15, 0.2) is 0 Å². The van der Waals surface area contributed by atoms with E-state index in [9.17, 15) is 9.00 Å². The standard InChI is InChI=1S/C8H16N2O3S/c11-4-1-9-8(12)7-10-2-5-14(13)6-3-10/h11H,1-7H2,(H,9,12). The number of carbonyl (C=O) groups is 1. The topological polar surface area (TPSA) is 69.6 Å². The van der Waals surface area contributed by atoms with E-state index >= 15 is 0 Å². The van der Waals surface area contributed by atoms with Gasteiger partial charge in [-0.15, -0.1) is 0 Å². The zero-order valence-electron chi connectivity index (χ0n) is 8.07. The Morgan fingerprint density at radius 2 is 2.07 bits per heavy atom. The van der Waals surface area contributed by atoms with Gasteiger partial charge in [0, 0.05) is 41.9 Å². The molecule has 0 aromatic heterocycles. The molecule has 1 fully saturated rings.